The molecule has 0 aliphatic rings. The summed E-state index contributed by atoms with van der Waals surface area (Å²) in [6.45, 7) is 3.54. The number of hydrogen-bond acceptors (Lipinski definition) is 2. The summed E-state index contributed by atoms with van der Waals surface area (Å²) < 4.78 is 0. The Balaban J connectivity index is 2.68. The zero-order valence-electron chi connectivity index (χ0n) is 8.97. The lowest BCUT2D eigenvalue weighted by atomic mass is 9.97. The summed E-state index contributed by atoms with van der Waals surface area (Å²) in [4.78, 5) is 10.6. The van der Waals surface area contributed by atoms with E-state index in [1.807, 2.05) is 31.2 Å². The predicted octanol–water partition coefficient (Wildman–Crippen LogP) is 2.14. The van der Waals surface area contributed by atoms with Gasteiger partial charge in [0.2, 0.25) is 0 Å². The molecule has 2 atom stereocenters. The summed E-state index contributed by atoms with van der Waals surface area (Å²) in [5.74, 6) is -1.40. The van der Waals surface area contributed by atoms with Crippen molar-refractivity contribution in [2.24, 2.45) is 5.92 Å². The van der Waals surface area contributed by atoms with Crippen LogP contribution < -0.4 is 0 Å². The molecule has 0 radical (unpaired) electrons. The van der Waals surface area contributed by atoms with E-state index in [9.17, 15) is 9.90 Å². The first-order valence-electron chi connectivity index (χ1n) is 4.98. The second-order valence-electron chi connectivity index (χ2n) is 3.90. The molecule has 0 saturated carbocycles. The lowest BCUT2D eigenvalue weighted by Gasteiger charge is -2.14. The summed E-state index contributed by atoms with van der Waals surface area (Å²) in [5, 5.41) is 18.5. The van der Waals surface area contributed by atoms with Gasteiger partial charge >= 0.3 is 5.97 Å². The first-order chi connectivity index (χ1) is 7.00. The fourth-order valence-corrected chi connectivity index (χ4v) is 1.45. The molecule has 1 aromatic carbocycles. The topological polar surface area (TPSA) is 57.5 Å². The van der Waals surface area contributed by atoms with E-state index in [-0.39, 0.29) is 6.42 Å². The van der Waals surface area contributed by atoms with Crippen LogP contribution in [0.4, 0.5) is 0 Å². The molecule has 1 aromatic rings. The van der Waals surface area contributed by atoms with Gasteiger partial charge in [0.25, 0.3) is 0 Å². The van der Waals surface area contributed by atoms with E-state index in [0.717, 1.165) is 11.1 Å². The fourth-order valence-electron chi connectivity index (χ4n) is 1.45. The van der Waals surface area contributed by atoms with E-state index >= 15 is 0 Å². The van der Waals surface area contributed by atoms with Gasteiger partial charge in [-0.2, -0.15) is 0 Å². The van der Waals surface area contributed by atoms with Gasteiger partial charge in [-0.1, -0.05) is 36.8 Å². The highest BCUT2D eigenvalue weighted by molar-refractivity contribution is 5.69. The Hall–Kier alpha value is -1.35. The van der Waals surface area contributed by atoms with Crippen LogP contribution in [0.1, 0.15) is 30.6 Å². The minimum absolute atomic E-state index is 0.249. The minimum Gasteiger partial charge on any atom is -0.481 e. The van der Waals surface area contributed by atoms with Crippen LogP contribution in [0.2, 0.25) is 0 Å². The number of benzene rings is 1. The van der Waals surface area contributed by atoms with Gasteiger partial charge in [-0.3, -0.25) is 4.79 Å². The first kappa shape index (κ1) is 11.7. The minimum atomic E-state index is -0.873. The van der Waals surface area contributed by atoms with Crippen LogP contribution in [0.25, 0.3) is 0 Å². The van der Waals surface area contributed by atoms with Gasteiger partial charge in [-0.25, -0.2) is 0 Å². The molecule has 0 heterocycles. The van der Waals surface area contributed by atoms with Gasteiger partial charge in [0.05, 0.1) is 12.0 Å². The third kappa shape index (κ3) is 3.36. The third-order valence-corrected chi connectivity index (χ3v) is 2.43. The van der Waals surface area contributed by atoms with Crippen LogP contribution in [0, 0.1) is 12.8 Å². The largest absolute Gasteiger partial charge is 0.481 e. The second kappa shape index (κ2) is 4.94. The molecule has 2 unspecified atom stereocenters. The van der Waals surface area contributed by atoms with E-state index in [0.29, 0.717) is 0 Å². The van der Waals surface area contributed by atoms with Crippen molar-refractivity contribution in [1.29, 1.82) is 0 Å². The quantitative estimate of drug-likeness (QED) is 0.797. The predicted molar refractivity (Wildman–Crippen MR) is 57.6 cm³/mol. The van der Waals surface area contributed by atoms with Crippen molar-refractivity contribution in [3.8, 4) is 0 Å². The molecule has 3 nitrogen and oxygen atoms in total. The van der Waals surface area contributed by atoms with E-state index < -0.39 is 18.0 Å². The van der Waals surface area contributed by atoms with E-state index in [2.05, 4.69) is 0 Å². The molecule has 0 bridgehead atoms. The molecule has 0 aromatic heterocycles. The summed E-state index contributed by atoms with van der Waals surface area (Å²) in [7, 11) is 0. The zero-order valence-corrected chi connectivity index (χ0v) is 8.97. The Kier molecular flexibility index (Phi) is 3.86. The summed E-state index contributed by atoms with van der Waals surface area (Å²) in [5.41, 5.74) is 1.85. The molecule has 82 valence electrons. The van der Waals surface area contributed by atoms with Crippen molar-refractivity contribution in [3.63, 3.8) is 0 Å². The molecule has 3 heteroatoms. The Labute approximate surface area is 89.4 Å². The smallest absolute Gasteiger partial charge is 0.306 e. The lowest BCUT2D eigenvalue weighted by molar-refractivity contribution is -0.142. The van der Waals surface area contributed by atoms with Gasteiger partial charge in [0.15, 0.2) is 0 Å². The van der Waals surface area contributed by atoms with Crippen LogP contribution in [-0.2, 0) is 4.79 Å². The first-order valence-corrected chi connectivity index (χ1v) is 4.98. The number of carbonyl (C=O) groups is 1. The average molecular weight is 208 g/mol. The van der Waals surface area contributed by atoms with E-state index in [1.165, 1.54) is 0 Å². The highest BCUT2D eigenvalue weighted by atomic mass is 16.4. The SMILES string of the molecule is Cc1cccc(C(O)CC(C)C(=O)O)c1. The molecule has 1 rings (SSSR count). The van der Waals surface area contributed by atoms with E-state index in [1.54, 1.807) is 6.92 Å². The second-order valence-corrected chi connectivity index (χ2v) is 3.90. The van der Waals surface area contributed by atoms with Gasteiger partial charge in [0.1, 0.15) is 0 Å². The van der Waals surface area contributed by atoms with Crippen molar-refractivity contribution in [2.75, 3.05) is 0 Å². The highest BCUT2D eigenvalue weighted by Gasteiger charge is 2.17. The fraction of sp³-hybridized carbons (Fsp3) is 0.417. The van der Waals surface area contributed by atoms with Crippen molar-refractivity contribution >= 4 is 5.97 Å². The monoisotopic (exact) mass is 208 g/mol. The molecule has 0 aliphatic heterocycles. The number of carboxylic acid groups (broad SMARTS) is 1. The normalized spacial score (nSPS) is 14.6. The zero-order chi connectivity index (χ0) is 11.4. The molecule has 0 fully saturated rings. The number of aryl methyl sites for hydroxylation is 1. The molecule has 0 amide bonds. The Bertz CT molecular complexity index is 346. The number of aliphatic hydroxyl groups excluding tert-OH is 1. The Morgan fingerprint density at radius 1 is 1.47 bits per heavy atom. The molecular weight excluding hydrogens is 192 g/mol. The Morgan fingerprint density at radius 2 is 2.13 bits per heavy atom. The van der Waals surface area contributed by atoms with Gasteiger partial charge in [-0.15, -0.1) is 0 Å². The van der Waals surface area contributed by atoms with Crippen LogP contribution >= 0.6 is 0 Å². The van der Waals surface area contributed by atoms with Crippen molar-refractivity contribution in [2.45, 2.75) is 26.4 Å². The summed E-state index contributed by atoms with van der Waals surface area (Å²) in [6, 6.07) is 7.49. The van der Waals surface area contributed by atoms with Crippen LogP contribution in [0.3, 0.4) is 0 Å². The van der Waals surface area contributed by atoms with Gasteiger partial charge < -0.3 is 10.2 Å². The molecule has 0 saturated heterocycles. The molecule has 0 aliphatic carbocycles. The maximum atomic E-state index is 10.6. The third-order valence-electron chi connectivity index (χ3n) is 2.43. The van der Waals surface area contributed by atoms with Crippen molar-refractivity contribution in [1.82, 2.24) is 0 Å². The van der Waals surface area contributed by atoms with Crippen LogP contribution in [0.15, 0.2) is 24.3 Å². The van der Waals surface area contributed by atoms with Crippen LogP contribution in [-0.4, -0.2) is 16.2 Å². The standard InChI is InChI=1S/C12H16O3/c1-8-4-3-5-10(6-8)11(13)7-9(2)12(14)15/h3-6,9,11,13H,7H2,1-2H3,(H,14,15). The molecule has 15 heavy (non-hydrogen) atoms. The maximum absolute atomic E-state index is 10.6. The van der Waals surface area contributed by atoms with Gasteiger partial charge in [-0.05, 0) is 18.9 Å². The number of rotatable bonds is 4. The van der Waals surface area contributed by atoms with Crippen LogP contribution in [0.5, 0.6) is 0 Å². The average Bonchev–Trinajstić information content (AvgIpc) is 2.17. The number of aliphatic hydroxyl groups is 1. The maximum Gasteiger partial charge on any atom is 0.306 e. The van der Waals surface area contributed by atoms with Crippen molar-refractivity contribution in [3.05, 3.63) is 35.4 Å². The number of carboxylic acids is 1. The molecular formula is C12H16O3. The summed E-state index contributed by atoms with van der Waals surface area (Å²) in [6.07, 6.45) is -0.449. The summed E-state index contributed by atoms with van der Waals surface area (Å²) >= 11 is 0. The molecule has 2 N–H and O–H groups in total. The number of hydrogen-bond donors (Lipinski definition) is 2. The molecule has 0 spiro atoms. The van der Waals surface area contributed by atoms with Crippen molar-refractivity contribution < 1.29 is 15.0 Å². The lowest BCUT2D eigenvalue weighted by Crippen LogP contribution is -2.13. The van der Waals surface area contributed by atoms with E-state index in [4.69, 9.17) is 5.11 Å². The number of aliphatic carboxylic acids is 1. The Morgan fingerprint density at radius 3 is 2.67 bits per heavy atom. The van der Waals surface area contributed by atoms with Gasteiger partial charge in [0, 0.05) is 0 Å². The highest BCUT2D eigenvalue weighted by Crippen LogP contribution is 2.21.